The van der Waals surface area contributed by atoms with Crippen LogP contribution in [0.3, 0.4) is 0 Å². The highest BCUT2D eigenvalue weighted by atomic mass is 35.5. The summed E-state index contributed by atoms with van der Waals surface area (Å²) in [5.74, 6) is 0.354. The number of epoxide rings is 1. The predicted octanol–water partition coefficient (Wildman–Crippen LogP) is 3.82. The number of H-pyrrole nitrogens is 1. The maximum atomic E-state index is 11.8. The Morgan fingerprint density at radius 2 is 2.27 bits per heavy atom. The molecule has 10 nitrogen and oxygen atoms in total. The molecule has 0 aliphatic carbocycles. The van der Waals surface area contributed by atoms with Crippen molar-refractivity contribution in [1.82, 2.24) is 25.4 Å². The Morgan fingerprint density at radius 3 is 3.13 bits per heavy atom. The summed E-state index contributed by atoms with van der Waals surface area (Å²) in [6, 6.07) is 7.21. The number of carbonyl (C=O) groups is 1. The Kier molecular flexibility index (Phi) is 4.91. The molecule has 1 aliphatic heterocycles. The summed E-state index contributed by atoms with van der Waals surface area (Å²) in [5, 5.41) is 23.6. The lowest BCUT2D eigenvalue weighted by Crippen LogP contribution is -2.17. The summed E-state index contributed by atoms with van der Waals surface area (Å²) in [6.45, 7) is 0.847. The zero-order valence-corrected chi connectivity index (χ0v) is 16.8. The van der Waals surface area contributed by atoms with Gasteiger partial charge in [-0.15, -0.1) is 10.2 Å². The highest BCUT2D eigenvalue weighted by Gasteiger charge is 2.24. The fourth-order valence-electron chi connectivity index (χ4n) is 2.69. The van der Waals surface area contributed by atoms with Crippen LogP contribution >= 0.6 is 22.9 Å². The number of aromatic amines is 1. The van der Waals surface area contributed by atoms with Crippen molar-refractivity contribution in [3.63, 3.8) is 0 Å². The van der Waals surface area contributed by atoms with Crippen LogP contribution in [0.5, 0.6) is 0 Å². The molecule has 1 aromatic carbocycles. The number of carbonyl (C=O) groups excluding carboxylic acids is 1. The third-order valence-electron chi connectivity index (χ3n) is 4.26. The molecular formula is C18H14ClN7O3S. The summed E-state index contributed by atoms with van der Waals surface area (Å²) in [7, 11) is 0. The van der Waals surface area contributed by atoms with Crippen molar-refractivity contribution < 1.29 is 14.3 Å². The van der Waals surface area contributed by atoms with Crippen LogP contribution in [0.1, 0.15) is 0 Å². The molecule has 1 saturated heterocycles. The summed E-state index contributed by atoms with van der Waals surface area (Å²) < 4.78 is 10.1. The average Bonchev–Trinajstić information content (AvgIpc) is 3.24. The first-order chi connectivity index (χ1) is 14.7. The van der Waals surface area contributed by atoms with Crippen molar-refractivity contribution in [2.45, 2.75) is 6.10 Å². The Labute approximate surface area is 178 Å². The summed E-state index contributed by atoms with van der Waals surface area (Å²) in [5.41, 5.74) is 2.31. The first-order valence-electron chi connectivity index (χ1n) is 8.89. The second kappa shape index (κ2) is 7.86. The number of hydrogen-bond donors (Lipinski definition) is 3. The normalized spacial score (nSPS) is 15.2. The number of aromatic nitrogens is 5. The lowest BCUT2D eigenvalue weighted by molar-refractivity contribution is 0.150. The van der Waals surface area contributed by atoms with Gasteiger partial charge in [-0.05, 0) is 24.3 Å². The number of anilines is 3. The summed E-state index contributed by atoms with van der Waals surface area (Å²) >= 11 is 7.78. The van der Waals surface area contributed by atoms with Crippen molar-refractivity contribution in [1.29, 1.82) is 0 Å². The van der Waals surface area contributed by atoms with E-state index < -0.39 is 6.09 Å². The molecule has 1 amide bonds. The van der Waals surface area contributed by atoms with E-state index in [2.05, 4.69) is 36.0 Å². The van der Waals surface area contributed by atoms with Gasteiger partial charge in [0.25, 0.3) is 0 Å². The summed E-state index contributed by atoms with van der Waals surface area (Å²) in [6.07, 6.45) is 2.67. The van der Waals surface area contributed by atoms with Gasteiger partial charge < -0.3 is 14.8 Å². The third kappa shape index (κ3) is 4.03. The van der Waals surface area contributed by atoms with Gasteiger partial charge in [-0.25, -0.2) is 9.78 Å². The van der Waals surface area contributed by atoms with Gasteiger partial charge in [0.15, 0.2) is 0 Å². The molecule has 12 heteroatoms. The van der Waals surface area contributed by atoms with E-state index in [9.17, 15) is 4.79 Å². The lowest BCUT2D eigenvalue weighted by atomic mass is 10.2. The van der Waals surface area contributed by atoms with E-state index in [0.29, 0.717) is 33.3 Å². The number of amides is 1. The van der Waals surface area contributed by atoms with Crippen LogP contribution in [0, 0.1) is 0 Å². The van der Waals surface area contributed by atoms with E-state index in [1.165, 1.54) is 11.3 Å². The molecule has 5 rings (SSSR count). The van der Waals surface area contributed by atoms with Gasteiger partial charge in [0.05, 0.1) is 29.0 Å². The molecule has 3 aromatic heterocycles. The molecule has 4 aromatic rings. The van der Waals surface area contributed by atoms with E-state index in [1.54, 1.807) is 24.5 Å². The molecule has 4 heterocycles. The smallest absolute Gasteiger partial charge is 0.412 e. The minimum atomic E-state index is -0.584. The maximum absolute atomic E-state index is 11.8. The molecule has 1 aliphatic rings. The standard InChI is InChI=1S/C18H14ClN7O3S/c19-15-11-6-21-24-12(11)1-2-13(15)22-17-26-25-16(30-17)9-3-4-20-14(5-9)23-18(27)29-8-10-7-28-10/h1-6,10H,7-8H2,(H,21,24)(H,22,26)(H,20,23,27). The lowest BCUT2D eigenvalue weighted by Gasteiger charge is -2.06. The van der Waals surface area contributed by atoms with Crippen molar-refractivity contribution >= 4 is 56.6 Å². The Bertz CT molecular complexity index is 1220. The van der Waals surface area contributed by atoms with Gasteiger partial charge in [0.2, 0.25) is 5.13 Å². The zero-order valence-electron chi connectivity index (χ0n) is 15.3. The molecule has 0 saturated carbocycles. The molecule has 1 unspecified atom stereocenters. The van der Waals surface area contributed by atoms with Gasteiger partial charge in [0, 0.05) is 17.1 Å². The monoisotopic (exact) mass is 443 g/mol. The van der Waals surface area contributed by atoms with Gasteiger partial charge >= 0.3 is 6.09 Å². The van der Waals surface area contributed by atoms with Crippen molar-refractivity contribution in [3.8, 4) is 10.6 Å². The van der Waals surface area contributed by atoms with Gasteiger partial charge in [-0.3, -0.25) is 10.4 Å². The van der Waals surface area contributed by atoms with Crippen LogP contribution in [-0.2, 0) is 9.47 Å². The fraction of sp³-hybridized carbons (Fsp3) is 0.167. The fourth-order valence-corrected chi connectivity index (χ4v) is 3.70. The number of fused-ring (bicyclic) bond motifs is 1. The van der Waals surface area contributed by atoms with Gasteiger partial charge in [0.1, 0.15) is 23.5 Å². The Balaban J connectivity index is 1.29. The number of pyridine rings is 1. The molecule has 1 fully saturated rings. The topological polar surface area (TPSA) is 130 Å². The van der Waals surface area contributed by atoms with E-state index in [4.69, 9.17) is 21.1 Å². The van der Waals surface area contributed by atoms with Crippen LogP contribution in [0.25, 0.3) is 21.5 Å². The number of rotatable bonds is 6. The van der Waals surface area contributed by atoms with E-state index >= 15 is 0 Å². The van der Waals surface area contributed by atoms with E-state index in [1.807, 2.05) is 12.1 Å². The number of benzene rings is 1. The SMILES string of the molecule is O=C(Nc1cc(-c2nnc(Nc3ccc4[nH]ncc4c3Cl)s2)ccn1)OCC1CO1. The quantitative estimate of drug-likeness (QED) is 0.383. The van der Waals surface area contributed by atoms with E-state index in [0.717, 1.165) is 16.5 Å². The minimum Gasteiger partial charge on any atom is -0.446 e. The third-order valence-corrected chi connectivity index (χ3v) is 5.56. The second-order valence-corrected chi connectivity index (χ2v) is 7.76. The second-order valence-electron chi connectivity index (χ2n) is 6.40. The highest BCUT2D eigenvalue weighted by molar-refractivity contribution is 7.18. The molecular weight excluding hydrogens is 430 g/mol. The van der Waals surface area contributed by atoms with Crippen LogP contribution in [0.2, 0.25) is 5.02 Å². The number of hydrogen-bond acceptors (Lipinski definition) is 9. The Hall–Kier alpha value is -3.28. The van der Waals surface area contributed by atoms with Crippen molar-refractivity contribution in [3.05, 3.63) is 41.7 Å². The number of halogens is 1. The molecule has 152 valence electrons. The minimum absolute atomic E-state index is 0.00470. The molecule has 30 heavy (non-hydrogen) atoms. The molecule has 1 atom stereocenters. The van der Waals surface area contributed by atoms with Crippen molar-refractivity contribution in [2.24, 2.45) is 0 Å². The first kappa shape index (κ1) is 18.7. The molecule has 0 spiro atoms. The maximum Gasteiger partial charge on any atom is 0.412 e. The van der Waals surface area contributed by atoms with Gasteiger partial charge in [-0.1, -0.05) is 22.9 Å². The summed E-state index contributed by atoms with van der Waals surface area (Å²) in [4.78, 5) is 16.0. The van der Waals surface area contributed by atoms with Crippen LogP contribution in [0.15, 0.2) is 36.7 Å². The number of ether oxygens (including phenoxy) is 2. The molecule has 3 N–H and O–H groups in total. The average molecular weight is 444 g/mol. The molecule has 0 bridgehead atoms. The first-order valence-corrected chi connectivity index (χ1v) is 10.1. The highest BCUT2D eigenvalue weighted by Crippen LogP contribution is 2.34. The van der Waals surface area contributed by atoms with E-state index in [-0.39, 0.29) is 12.7 Å². The largest absolute Gasteiger partial charge is 0.446 e. The zero-order chi connectivity index (χ0) is 20.5. The number of nitrogens with zero attached hydrogens (tertiary/aromatic N) is 4. The van der Waals surface area contributed by atoms with Gasteiger partial charge in [-0.2, -0.15) is 5.10 Å². The van der Waals surface area contributed by atoms with Crippen LogP contribution in [0.4, 0.5) is 21.4 Å². The Morgan fingerprint density at radius 1 is 1.37 bits per heavy atom. The van der Waals surface area contributed by atoms with Crippen molar-refractivity contribution in [2.75, 3.05) is 23.8 Å². The molecule has 0 radical (unpaired) electrons. The van der Waals surface area contributed by atoms with Crippen LogP contribution < -0.4 is 10.6 Å². The predicted molar refractivity (Wildman–Crippen MR) is 112 cm³/mol. The number of nitrogens with one attached hydrogen (secondary N) is 3. The van der Waals surface area contributed by atoms with Crippen LogP contribution in [-0.4, -0.2) is 50.8 Å².